The van der Waals surface area contributed by atoms with Crippen molar-refractivity contribution in [2.75, 3.05) is 13.2 Å². The second-order valence-corrected chi connectivity index (χ2v) is 4.61. The number of hydrogen-bond donors (Lipinski definition) is 1. The number of hydrogen-bond acceptors (Lipinski definition) is 6. The zero-order valence-electron chi connectivity index (χ0n) is 11.7. The van der Waals surface area contributed by atoms with Gasteiger partial charge in [0, 0.05) is 5.56 Å². The van der Waals surface area contributed by atoms with Crippen LogP contribution in [0.1, 0.15) is 19.4 Å². The van der Waals surface area contributed by atoms with Crippen molar-refractivity contribution >= 4 is 11.7 Å². The molecule has 0 radical (unpaired) electrons. The first kappa shape index (κ1) is 15.9. The molecule has 0 amide bonds. The molecule has 1 atom stereocenters. The smallest absolute Gasteiger partial charge is 0.329 e. The number of carbonyl (C=O) groups excluding carboxylic acids is 1. The molecule has 7 heteroatoms. The predicted octanol–water partition coefficient (Wildman–Crippen LogP) is 1.56. The Morgan fingerprint density at radius 2 is 2.15 bits per heavy atom. The van der Waals surface area contributed by atoms with Crippen LogP contribution in [0.4, 0.5) is 5.69 Å². The Kier molecular flexibility index (Phi) is 5.04. The molecule has 0 saturated carbocycles. The summed E-state index contributed by atoms with van der Waals surface area (Å²) >= 11 is 0. The number of nitrogens with zero attached hydrogens (tertiary/aromatic N) is 1. The quantitative estimate of drug-likeness (QED) is 0.482. The molecule has 0 bridgehead atoms. The van der Waals surface area contributed by atoms with Crippen LogP contribution in [0.15, 0.2) is 18.2 Å². The van der Waals surface area contributed by atoms with Gasteiger partial charge in [0.15, 0.2) is 5.75 Å². The largest absolute Gasteiger partial charge is 0.484 e. The number of nitrogens with two attached hydrogens (primary N) is 1. The molecule has 1 aromatic rings. The second-order valence-electron chi connectivity index (χ2n) is 4.61. The fraction of sp³-hybridized carbons (Fsp3) is 0.462. The van der Waals surface area contributed by atoms with Crippen molar-refractivity contribution in [3.8, 4) is 5.75 Å². The highest BCUT2D eigenvalue weighted by Crippen LogP contribution is 2.30. The van der Waals surface area contributed by atoms with E-state index in [2.05, 4.69) is 0 Å². The first-order chi connectivity index (χ1) is 9.29. The van der Waals surface area contributed by atoms with Crippen LogP contribution in [0, 0.1) is 17.0 Å². The van der Waals surface area contributed by atoms with Gasteiger partial charge in [0.05, 0.1) is 11.5 Å². The maximum Gasteiger partial charge on any atom is 0.329 e. The molecule has 1 aromatic carbocycles. The van der Waals surface area contributed by atoms with Gasteiger partial charge >= 0.3 is 11.7 Å². The van der Waals surface area contributed by atoms with Gasteiger partial charge in [-0.1, -0.05) is 12.1 Å². The van der Waals surface area contributed by atoms with Gasteiger partial charge in [0.25, 0.3) is 0 Å². The lowest BCUT2D eigenvalue weighted by Crippen LogP contribution is -2.51. The highest BCUT2D eigenvalue weighted by Gasteiger charge is 2.32. The Bertz CT molecular complexity index is 513. The van der Waals surface area contributed by atoms with Crippen LogP contribution >= 0.6 is 0 Å². The third-order valence-corrected chi connectivity index (χ3v) is 2.65. The van der Waals surface area contributed by atoms with Crippen molar-refractivity contribution in [3.63, 3.8) is 0 Å². The van der Waals surface area contributed by atoms with Gasteiger partial charge in [-0.2, -0.15) is 0 Å². The Morgan fingerprint density at radius 1 is 1.50 bits per heavy atom. The van der Waals surface area contributed by atoms with E-state index in [-0.39, 0.29) is 24.7 Å². The molecule has 1 unspecified atom stereocenters. The number of carbonyl (C=O) groups is 1. The molecule has 0 aliphatic heterocycles. The fourth-order valence-corrected chi connectivity index (χ4v) is 1.57. The monoisotopic (exact) mass is 282 g/mol. The average Bonchev–Trinajstić information content (AvgIpc) is 2.36. The third kappa shape index (κ3) is 3.67. The first-order valence-corrected chi connectivity index (χ1v) is 6.12. The standard InChI is InChI=1S/C13H18N2O5/c1-4-19-12(16)13(3,14)8-20-10-7-5-6-9(2)11(10)15(17)18/h5-7H,4,8,14H2,1-3H3. The molecule has 0 spiro atoms. The van der Waals surface area contributed by atoms with Crippen molar-refractivity contribution in [1.82, 2.24) is 0 Å². The molecule has 0 aromatic heterocycles. The van der Waals surface area contributed by atoms with Crippen molar-refractivity contribution in [1.29, 1.82) is 0 Å². The normalized spacial score (nSPS) is 13.4. The van der Waals surface area contributed by atoms with Crippen LogP contribution in [0.2, 0.25) is 0 Å². The van der Waals surface area contributed by atoms with Gasteiger partial charge < -0.3 is 15.2 Å². The van der Waals surface area contributed by atoms with E-state index in [1.807, 2.05) is 0 Å². The summed E-state index contributed by atoms with van der Waals surface area (Å²) in [4.78, 5) is 22.1. The van der Waals surface area contributed by atoms with Crippen molar-refractivity contribution in [2.45, 2.75) is 26.3 Å². The van der Waals surface area contributed by atoms with Crippen molar-refractivity contribution in [2.24, 2.45) is 5.73 Å². The molecular weight excluding hydrogens is 264 g/mol. The molecule has 0 fully saturated rings. The number of esters is 1. The maximum absolute atomic E-state index is 11.6. The van der Waals surface area contributed by atoms with E-state index < -0.39 is 16.4 Å². The van der Waals surface area contributed by atoms with Gasteiger partial charge in [0.2, 0.25) is 0 Å². The number of rotatable bonds is 6. The predicted molar refractivity (Wildman–Crippen MR) is 72.6 cm³/mol. The molecule has 20 heavy (non-hydrogen) atoms. The number of benzene rings is 1. The van der Waals surface area contributed by atoms with Crippen LogP contribution in [-0.4, -0.2) is 29.6 Å². The van der Waals surface area contributed by atoms with Gasteiger partial charge in [-0.05, 0) is 26.8 Å². The second kappa shape index (κ2) is 6.33. The van der Waals surface area contributed by atoms with Crippen LogP contribution < -0.4 is 10.5 Å². The van der Waals surface area contributed by atoms with E-state index in [4.69, 9.17) is 15.2 Å². The molecular formula is C13H18N2O5. The first-order valence-electron chi connectivity index (χ1n) is 6.12. The Hall–Kier alpha value is -2.15. The number of para-hydroxylation sites is 1. The minimum absolute atomic E-state index is 0.0796. The fourth-order valence-electron chi connectivity index (χ4n) is 1.57. The van der Waals surface area contributed by atoms with E-state index in [1.54, 1.807) is 26.0 Å². The zero-order valence-corrected chi connectivity index (χ0v) is 11.7. The third-order valence-electron chi connectivity index (χ3n) is 2.65. The molecule has 7 nitrogen and oxygen atoms in total. The summed E-state index contributed by atoms with van der Waals surface area (Å²) < 4.78 is 10.2. The highest BCUT2D eigenvalue weighted by atomic mass is 16.6. The molecule has 0 aliphatic rings. The van der Waals surface area contributed by atoms with E-state index in [0.29, 0.717) is 5.56 Å². The molecule has 110 valence electrons. The van der Waals surface area contributed by atoms with E-state index in [1.165, 1.54) is 13.0 Å². The zero-order chi connectivity index (χ0) is 15.3. The van der Waals surface area contributed by atoms with Crippen LogP contribution in [0.5, 0.6) is 5.75 Å². The molecule has 0 saturated heterocycles. The van der Waals surface area contributed by atoms with E-state index in [9.17, 15) is 14.9 Å². The Morgan fingerprint density at radius 3 is 2.70 bits per heavy atom. The van der Waals surface area contributed by atoms with Crippen LogP contribution in [0.3, 0.4) is 0 Å². The summed E-state index contributed by atoms with van der Waals surface area (Å²) in [5.41, 5.74) is 4.76. The van der Waals surface area contributed by atoms with Crippen molar-refractivity contribution in [3.05, 3.63) is 33.9 Å². The summed E-state index contributed by atoms with van der Waals surface area (Å²) in [5, 5.41) is 11.0. The number of ether oxygens (including phenoxy) is 2. The molecule has 1 rings (SSSR count). The summed E-state index contributed by atoms with van der Waals surface area (Å²) in [6.07, 6.45) is 0. The van der Waals surface area contributed by atoms with Crippen LogP contribution in [-0.2, 0) is 9.53 Å². The SMILES string of the molecule is CCOC(=O)C(C)(N)COc1cccc(C)c1[N+](=O)[O-]. The minimum atomic E-state index is -1.37. The lowest BCUT2D eigenvalue weighted by atomic mass is 10.1. The maximum atomic E-state index is 11.6. The van der Waals surface area contributed by atoms with E-state index in [0.717, 1.165) is 0 Å². The summed E-state index contributed by atoms with van der Waals surface area (Å²) in [7, 11) is 0. The summed E-state index contributed by atoms with van der Waals surface area (Å²) in [6, 6.07) is 4.71. The topological polar surface area (TPSA) is 105 Å². The Balaban J connectivity index is 2.88. The van der Waals surface area contributed by atoms with Gasteiger partial charge in [-0.3, -0.25) is 10.1 Å². The lowest BCUT2D eigenvalue weighted by molar-refractivity contribution is -0.386. The van der Waals surface area contributed by atoms with Gasteiger partial charge in [0.1, 0.15) is 12.1 Å². The number of aryl methyl sites for hydroxylation is 1. The minimum Gasteiger partial charge on any atom is -0.484 e. The summed E-state index contributed by atoms with van der Waals surface area (Å²) in [5.74, 6) is -0.536. The van der Waals surface area contributed by atoms with Gasteiger partial charge in [-0.15, -0.1) is 0 Å². The molecule has 0 aliphatic carbocycles. The average molecular weight is 282 g/mol. The van der Waals surface area contributed by atoms with E-state index >= 15 is 0 Å². The highest BCUT2D eigenvalue weighted by molar-refractivity contribution is 5.80. The Labute approximate surface area is 116 Å². The molecule has 2 N–H and O–H groups in total. The van der Waals surface area contributed by atoms with Crippen LogP contribution in [0.25, 0.3) is 0 Å². The number of nitro benzene ring substituents is 1. The lowest BCUT2D eigenvalue weighted by Gasteiger charge is -2.22. The van der Waals surface area contributed by atoms with Crippen molar-refractivity contribution < 1.29 is 19.2 Å². The van der Waals surface area contributed by atoms with Gasteiger partial charge in [-0.25, -0.2) is 4.79 Å². The molecule has 0 heterocycles. The number of nitro groups is 1. The summed E-state index contributed by atoms with van der Waals surface area (Å²) in [6.45, 7) is 4.72.